The molecule has 38 heavy (non-hydrogen) atoms. The van der Waals surface area contributed by atoms with Crippen LogP contribution in [0.25, 0.3) is 0 Å². The Labute approximate surface area is 232 Å². The molecule has 4 unspecified atom stereocenters. The van der Waals surface area contributed by atoms with Crippen LogP contribution in [0.15, 0.2) is 37.5 Å². The summed E-state index contributed by atoms with van der Waals surface area (Å²) in [6.07, 6.45) is 10.7. The molecule has 0 aromatic rings. The highest BCUT2D eigenvalue weighted by Gasteiger charge is 2.62. The fourth-order valence-electron chi connectivity index (χ4n) is 5.02. The average Bonchev–Trinajstić information content (AvgIpc) is 3.21. The van der Waals surface area contributed by atoms with Gasteiger partial charge in [-0.3, -0.25) is 0 Å². The van der Waals surface area contributed by atoms with E-state index in [1.54, 1.807) is 6.92 Å². The number of hydrogen-bond acceptors (Lipinski definition) is 6. The molecule has 0 spiro atoms. The van der Waals surface area contributed by atoms with Gasteiger partial charge in [-0.05, 0) is 55.8 Å². The molecule has 4 atom stereocenters. The number of ether oxygens (including phenoxy) is 3. The third kappa shape index (κ3) is 11.2. The third-order valence-corrected chi connectivity index (χ3v) is 8.21. The minimum atomic E-state index is -0.310. The van der Waals surface area contributed by atoms with Gasteiger partial charge < -0.3 is 14.2 Å². The minimum Gasteiger partial charge on any atom is -0.462 e. The van der Waals surface area contributed by atoms with Crippen LogP contribution in [0.3, 0.4) is 0 Å². The Morgan fingerprint density at radius 2 is 1.61 bits per heavy atom. The molecule has 2 rings (SSSR count). The van der Waals surface area contributed by atoms with Gasteiger partial charge in [0.15, 0.2) is 0 Å². The van der Waals surface area contributed by atoms with Crippen LogP contribution in [-0.2, 0) is 28.6 Å². The smallest absolute Gasteiger partial charge is 0.333 e. The van der Waals surface area contributed by atoms with E-state index >= 15 is 0 Å². The monoisotopic (exact) mass is 534 g/mol. The van der Waals surface area contributed by atoms with Crippen LogP contribution in [0.5, 0.6) is 0 Å². The first-order valence-corrected chi connectivity index (χ1v) is 14.1. The molecule has 0 saturated heterocycles. The van der Waals surface area contributed by atoms with Crippen LogP contribution in [0, 0.1) is 28.6 Å². The zero-order chi connectivity index (χ0) is 29.5. The first-order valence-electron chi connectivity index (χ1n) is 14.1. The lowest BCUT2D eigenvalue weighted by Crippen LogP contribution is -2.38. The molecule has 0 heterocycles. The lowest BCUT2D eigenvalue weighted by atomic mass is 9.70. The van der Waals surface area contributed by atoms with Crippen molar-refractivity contribution >= 4 is 17.9 Å². The third-order valence-electron chi connectivity index (χ3n) is 8.21. The molecule has 0 radical (unpaired) electrons. The number of unbranched alkanes of at least 4 members (excludes halogenated alkanes) is 1. The molecule has 218 valence electrons. The lowest BCUT2D eigenvalue weighted by molar-refractivity contribution is -0.150. The number of hydrogen-bond donors (Lipinski definition) is 0. The molecule has 6 nitrogen and oxygen atoms in total. The van der Waals surface area contributed by atoms with Crippen LogP contribution in [0.2, 0.25) is 0 Å². The summed E-state index contributed by atoms with van der Waals surface area (Å²) in [5.74, 6) is 0.741. The predicted octanol–water partition coefficient (Wildman–Crippen LogP) is 7.62. The van der Waals surface area contributed by atoms with Gasteiger partial charge in [-0.1, -0.05) is 87.5 Å². The zero-order valence-electron chi connectivity index (χ0n) is 25.4. The lowest BCUT2D eigenvalue weighted by Gasteiger charge is -2.38. The van der Waals surface area contributed by atoms with Gasteiger partial charge >= 0.3 is 17.9 Å². The van der Waals surface area contributed by atoms with E-state index in [9.17, 15) is 14.4 Å². The molecule has 2 fully saturated rings. The van der Waals surface area contributed by atoms with E-state index in [-0.39, 0.29) is 29.4 Å². The van der Waals surface area contributed by atoms with Crippen molar-refractivity contribution in [3.8, 4) is 0 Å². The van der Waals surface area contributed by atoms with Gasteiger partial charge in [-0.15, -0.1) is 0 Å². The van der Waals surface area contributed by atoms with Gasteiger partial charge in [0.25, 0.3) is 0 Å². The van der Waals surface area contributed by atoms with Crippen molar-refractivity contribution in [1.29, 1.82) is 0 Å². The van der Waals surface area contributed by atoms with Crippen molar-refractivity contribution in [2.24, 2.45) is 28.6 Å². The molecular weight excluding hydrogens is 480 g/mol. The Morgan fingerprint density at radius 3 is 2.00 bits per heavy atom. The molecule has 0 amide bonds. The summed E-state index contributed by atoms with van der Waals surface area (Å²) in [4.78, 5) is 32.7. The number of rotatable bonds is 12. The van der Waals surface area contributed by atoms with E-state index in [4.69, 9.17) is 14.2 Å². The van der Waals surface area contributed by atoms with Crippen LogP contribution in [-0.4, -0.2) is 37.2 Å². The number of fused-ring (bicyclic) bond motifs is 2. The fourth-order valence-corrected chi connectivity index (χ4v) is 5.02. The number of carbonyl (C=O) groups excluding carboxylic acids is 3. The summed E-state index contributed by atoms with van der Waals surface area (Å²) in [5, 5.41) is 0. The molecular formula is C32H54O6. The first kappa shape index (κ1) is 35.6. The second kappa shape index (κ2) is 17.3. The van der Waals surface area contributed by atoms with E-state index in [2.05, 4.69) is 54.4 Å². The maximum absolute atomic E-state index is 11.3. The minimum absolute atomic E-state index is 0.0942. The Hall–Kier alpha value is -2.37. The molecule has 0 aromatic carbocycles. The summed E-state index contributed by atoms with van der Waals surface area (Å²) in [6, 6.07) is 0. The maximum Gasteiger partial charge on any atom is 0.333 e. The van der Waals surface area contributed by atoms with Crippen LogP contribution >= 0.6 is 0 Å². The fraction of sp³-hybridized carbons (Fsp3) is 0.719. The van der Waals surface area contributed by atoms with Crippen molar-refractivity contribution in [3.05, 3.63) is 37.5 Å². The van der Waals surface area contributed by atoms with Crippen molar-refractivity contribution in [2.75, 3.05) is 13.2 Å². The molecule has 2 aliphatic rings. The zero-order valence-corrected chi connectivity index (χ0v) is 25.4. The average molecular weight is 535 g/mol. The van der Waals surface area contributed by atoms with Gasteiger partial charge in [-0.25, -0.2) is 14.4 Å². The molecule has 0 aromatic heterocycles. The van der Waals surface area contributed by atoms with Crippen molar-refractivity contribution < 1.29 is 28.6 Å². The van der Waals surface area contributed by atoms with Crippen molar-refractivity contribution in [2.45, 2.75) is 106 Å². The van der Waals surface area contributed by atoms with Gasteiger partial charge in [0, 0.05) is 23.1 Å². The normalized spacial score (nSPS) is 23.1. The van der Waals surface area contributed by atoms with Gasteiger partial charge in [0.2, 0.25) is 0 Å². The Morgan fingerprint density at radius 1 is 1.00 bits per heavy atom. The SMILES string of the molecule is C=C(C)C(=O)OCC(C)C.C=CC(=O)OC1CC2CCC1(C)C2(C)C.C=CC(=O)OCC(CC)CCCC. The van der Waals surface area contributed by atoms with Gasteiger partial charge in [0.1, 0.15) is 6.10 Å². The summed E-state index contributed by atoms with van der Waals surface area (Å²) < 4.78 is 15.3. The highest BCUT2D eigenvalue weighted by molar-refractivity contribution is 5.86. The van der Waals surface area contributed by atoms with Crippen molar-refractivity contribution in [1.82, 2.24) is 0 Å². The van der Waals surface area contributed by atoms with E-state index < -0.39 is 0 Å². The van der Waals surface area contributed by atoms with Crippen molar-refractivity contribution in [3.63, 3.8) is 0 Å². The molecule has 2 bridgehead atoms. The van der Waals surface area contributed by atoms with Gasteiger partial charge in [-0.2, -0.15) is 0 Å². The van der Waals surface area contributed by atoms with E-state index in [0.717, 1.165) is 19.3 Å². The molecule has 6 heteroatoms. The predicted molar refractivity (Wildman–Crippen MR) is 154 cm³/mol. The summed E-state index contributed by atoms with van der Waals surface area (Å²) in [5.41, 5.74) is 0.927. The molecule has 0 aliphatic heterocycles. The standard InChI is InChI=1S/C13H20O2.C11H20O2.C8H14O2/c1-5-11(14)15-10-8-9-6-7-13(10,4)12(9,2)3;1-4-7-8-10(5-2)9-13-11(12)6-3;1-6(2)5-10-8(9)7(3)4/h5,9-10H,1,6-8H2,2-4H3;6,10H,3-5,7-9H2,1-2H3;6H,3,5H2,1-2,4H3. The quantitative estimate of drug-likeness (QED) is 0.146. The first-order chi connectivity index (χ1) is 17.7. The van der Waals surface area contributed by atoms with E-state index in [1.165, 1.54) is 37.8 Å². The molecule has 2 aliphatic carbocycles. The van der Waals surface area contributed by atoms with Crippen LogP contribution < -0.4 is 0 Å². The number of carbonyl (C=O) groups is 3. The summed E-state index contributed by atoms with van der Waals surface area (Å²) in [7, 11) is 0. The Kier molecular flexibility index (Phi) is 16.2. The van der Waals surface area contributed by atoms with E-state index in [0.29, 0.717) is 42.0 Å². The maximum atomic E-state index is 11.3. The van der Waals surface area contributed by atoms with Gasteiger partial charge in [0.05, 0.1) is 13.2 Å². The topological polar surface area (TPSA) is 78.9 Å². The van der Waals surface area contributed by atoms with Crippen LogP contribution in [0.4, 0.5) is 0 Å². The second-order valence-electron chi connectivity index (χ2n) is 11.8. The second-order valence-corrected chi connectivity index (χ2v) is 11.8. The summed E-state index contributed by atoms with van der Waals surface area (Å²) in [6.45, 7) is 28.1. The van der Waals surface area contributed by atoms with Crippen LogP contribution in [0.1, 0.15) is 100 Å². The van der Waals surface area contributed by atoms with E-state index in [1.807, 2.05) is 13.8 Å². The molecule has 0 N–H and O–H groups in total. The largest absolute Gasteiger partial charge is 0.462 e. The Balaban J connectivity index is 0.000000554. The highest BCUT2D eigenvalue weighted by Crippen LogP contribution is 2.66. The summed E-state index contributed by atoms with van der Waals surface area (Å²) >= 11 is 0. The Bertz CT molecular complexity index is 796. The molecule has 2 saturated carbocycles. The number of esters is 3. The highest BCUT2D eigenvalue weighted by atomic mass is 16.5.